The van der Waals surface area contributed by atoms with Gasteiger partial charge in [0, 0.05) is 23.8 Å². The van der Waals surface area contributed by atoms with Crippen molar-refractivity contribution in [2.75, 3.05) is 14.1 Å². The third kappa shape index (κ3) is 2.93. The van der Waals surface area contributed by atoms with Gasteiger partial charge in [0.05, 0.1) is 0 Å². The molecule has 0 aliphatic rings. The first-order valence-electron chi connectivity index (χ1n) is 4.44. The Morgan fingerprint density at radius 2 is 2.20 bits per heavy atom. The number of carbonyl (C=O) groups is 1. The topological polar surface area (TPSA) is 44.1 Å². The molecule has 0 saturated heterocycles. The molecule has 1 rings (SSSR count). The van der Waals surface area contributed by atoms with E-state index in [0.717, 1.165) is 9.75 Å². The van der Waals surface area contributed by atoms with Gasteiger partial charge in [0.25, 0.3) is 5.91 Å². The first-order valence-corrected chi connectivity index (χ1v) is 5.26. The molecule has 0 N–H and O–H groups in total. The average molecular weight is 220 g/mol. The van der Waals surface area contributed by atoms with Gasteiger partial charge in [-0.1, -0.05) is 0 Å². The van der Waals surface area contributed by atoms with Crippen LogP contribution in [0.1, 0.15) is 9.75 Å². The van der Waals surface area contributed by atoms with Gasteiger partial charge >= 0.3 is 0 Å². The van der Waals surface area contributed by atoms with Crippen molar-refractivity contribution in [3.8, 4) is 6.07 Å². The van der Waals surface area contributed by atoms with Gasteiger partial charge in [-0.3, -0.25) is 4.79 Å². The summed E-state index contributed by atoms with van der Waals surface area (Å²) < 4.78 is 0. The third-order valence-corrected chi connectivity index (χ3v) is 2.75. The Bertz CT molecular complexity index is 438. The zero-order valence-electron chi connectivity index (χ0n) is 8.94. The lowest BCUT2D eigenvalue weighted by Gasteiger charge is -2.07. The summed E-state index contributed by atoms with van der Waals surface area (Å²) >= 11 is 1.56. The number of nitrogens with zero attached hydrogens (tertiary/aromatic N) is 2. The van der Waals surface area contributed by atoms with Crippen LogP contribution in [0.25, 0.3) is 6.08 Å². The Hall–Kier alpha value is -1.60. The van der Waals surface area contributed by atoms with Crippen molar-refractivity contribution in [1.29, 1.82) is 5.26 Å². The van der Waals surface area contributed by atoms with E-state index in [1.165, 1.54) is 4.90 Å². The van der Waals surface area contributed by atoms with Crippen LogP contribution in [0.3, 0.4) is 0 Å². The summed E-state index contributed by atoms with van der Waals surface area (Å²) in [4.78, 5) is 15.0. The Morgan fingerprint density at radius 3 is 2.60 bits per heavy atom. The second-order valence-corrected chi connectivity index (χ2v) is 4.64. The van der Waals surface area contributed by atoms with E-state index in [0.29, 0.717) is 0 Å². The van der Waals surface area contributed by atoms with Crippen LogP contribution in [0.4, 0.5) is 0 Å². The molecule has 0 fully saturated rings. The molecule has 0 aromatic carbocycles. The summed E-state index contributed by atoms with van der Waals surface area (Å²) in [7, 11) is 3.26. The van der Waals surface area contributed by atoms with Crippen LogP contribution in [0.15, 0.2) is 17.7 Å². The Kier molecular flexibility index (Phi) is 3.64. The number of hydrogen-bond donors (Lipinski definition) is 0. The first-order chi connectivity index (χ1) is 7.04. The van der Waals surface area contributed by atoms with Crippen LogP contribution in [0.2, 0.25) is 0 Å². The minimum Gasteiger partial charge on any atom is -0.344 e. The molecule has 1 aromatic rings. The van der Waals surface area contributed by atoms with Crippen molar-refractivity contribution in [2.45, 2.75) is 6.92 Å². The molecule has 0 radical (unpaired) electrons. The number of likely N-dealkylation sites (N-methyl/N-ethyl adjacent to an activating group) is 1. The lowest BCUT2D eigenvalue weighted by Crippen LogP contribution is -2.22. The van der Waals surface area contributed by atoms with E-state index >= 15 is 0 Å². The van der Waals surface area contributed by atoms with Crippen LogP contribution < -0.4 is 0 Å². The van der Waals surface area contributed by atoms with Gasteiger partial charge in [0.15, 0.2) is 0 Å². The molecular formula is C11H12N2OS. The molecule has 1 heterocycles. The highest BCUT2D eigenvalue weighted by atomic mass is 32.1. The van der Waals surface area contributed by atoms with Gasteiger partial charge in [-0.05, 0) is 25.1 Å². The number of nitriles is 1. The second-order valence-electron chi connectivity index (χ2n) is 3.32. The van der Waals surface area contributed by atoms with Gasteiger partial charge < -0.3 is 4.90 Å². The Balaban J connectivity index is 2.99. The number of hydrogen-bond acceptors (Lipinski definition) is 3. The molecule has 0 unspecified atom stereocenters. The summed E-state index contributed by atoms with van der Waals surface area (Å²) in [5.41, 5.74) is 0.168. The van der Waals surface area contributed by atoms with Crippen molar-refractivity contribution in [2.24, 2.45) is 0 Å². The van der Waals surface area contributed by atoms with Gasteiger partial charge in [-0.2, -0.15) is 5.26 Å². The molecule has 4 heteroatoms. The van der Waals surface area contributed by atoms with Gasteiger partial charge in [-0.15, -0.1) is 11.3 Å². The summed E-state index contributed by atoms with van der Waals surface area (Å²) in [5.74, 6) is -0.261. The Morgan fingerprint density at radius 1 is 1.53 bits per heavy atom. The molecule has 0 saturated carbocycles. The number of aryl methyl sites for hydroxylation is 1. The molecule has 0 atom stereocenters. The van der Waals surface area contributed by atoms with Crippen molar-refractivity contribution in [3.63, 3.8) is 0 Å². The quantitative estimate of drug-likeness (QED) is 0.565. The molecule has 3 nitrogen and oxygen atoms in total. The monoisotopic (exact) mass is 220 g/mol. The lowest BCUT2D eigenvalue weighted by molar-refractivity contribution is -0.124. The fourth-order valence-electron chi connectivity index (χ4n) is 1.06. The van der Waals surface area contributed by atoms with E-state index in [2.05, 4.69) is 0 Å². The molecule has 0 spiro atoms. The van der Waals surface area contributed by atoms with Crippen LogP contribution >= 0.6 is 11.3 Å². The van der Waals surface area contributed by atoms with E-state index in [-0.39, 0.29) is 11.5 Å². The highest BCUT2D eigenvalue weighted by Crippen LogP contribution is 2.18. The maximum atomic E-state index is 11.5. The summed E-state index contributed by atoms with van der Waals surface area (Å²) in [6.07, 6.45) is 1.62. The third-order valence-electron chi connectivity index (χ3n) is 1.80. The number of amides is 1. The van der Waals surface area contributed by atoms with Gasteiger partial charge in [0.1, 0.15) is 11.6 Å². The molecule has 0 aliphatic heterocycles. The van der Waals surface area contributed by atoms with Crippen molar-refractivity contribution >= 4 is 23.3 Å². The Labute approximate surface area is 93.3 Å². The van der Waals surface area contributed by atoms with E-state index in [1.807, 2.05) is 25.1 Å². The molecular weight excluding hydrogens is 208 g/mol. The van der Waals surface area contributed by atoms with E-state index < -0.39 is 0 Å². The van der Waals surface area contributed by atoms with E-state index in [4.69, 9.17) is 5.26 Å². The molecule has 15 heavy (non-hydrogen) atoms. The van der Waals surface area contributed by atoms with Crippen molar-refractivity contribution in [3.05, 3.63) is 27.5 Å². The SMILES string of the molecule is Cc1ccc(/C=C(/C#N)C(=O)N(C)C)s1. The molecule has 78 valence electrons. The maximum absolute atomic E-state index is 11.5. The van der Waals surface area contributed by atoms with Gasteiger partial charge in [0.2, 0.25) is 0 Å². The van der Waals surface area contributed by atoms with E-state index in [9.17, 15) is 4.79 Å². The fourth-order valence-corrected chi connectivity index (χ4v) is 1.88. The number of thiophene rings is 1. The van der Waals surface area contributed by atoms with Crippen LogP contribution in [-0.2, 0) is 4.79 Å². The van der Waals surface area contributed by atoms with E-state index in [1.54, 1.807) is 31.5 Å². The van der Waals surface area contributed by atoms with Crippen molar-refractivity contribution < 1.29 is 4.79 Å². The molecule has 0 aliphatic carbocycles. The van der Waals surface area contributed by atoms with Crippen molar-refractivity contribution in [1.82, 2.24) is 4.90 Å². The number of carbonyl (C=O) groups excluding carboxylic acids is 1. The standard InChI is InChI=1S/C11H12N2OS/c1-8-4-5-10(15-8)6-9(7-12)11(14)13(2)3/h4-6H,1-3H3/b9-6-. The van der Waals surface area contributed by atoms with Crippen LogP contribution in [0, 0.1) is 18.3 Å². The predicted octanol–water partition coefficient (Wildman–Crippen LogP) is 2.05. The zero-order valence-corrected chi connectivity index (χ0v) is 9.76. The fraction of sp³-hybridized carbons (Fsp3) is 0.273. The van der Waals surface area contributed by atoms with Crippen LogP contribution in [-0.4, -0.2) is 24.9 Å². The zero-order chi connectivity index (χ0) is 11.4. The highest BCUT2D eigenvalue weighted by Gasteiger charge is 2.11. The normalized spacial score (nSPS) is 10.9. The minimum absolute atomic E-state index is 0.168. The number of rotatable bonds is 2. The van der Waals surface area contributed by atoms with Gasteiger partial charge in [-0.25, -0.2) is 0 Å². The molecule has 1 amide bonds. The summed E-state index contributed by atoms with van der Waals surface area (Å²) in [6.45, 7) is 1.99. The average Bonchev–Trinajstić information content (AvgIpc) is 2.59. The largest absolute Gasteiger partial charge is 0.344 e. The predicted molar refractivity (Wildman–Crippen MR) is 61.3 cm³/mol. The minimum atomic E-state index is -0.261. The smallest absolute Gasteiger partial charge is 0.264 e. The second kappa shape index (κ2) is 4.76. The molecule has 0 bridgehead atoms. The molecule has 1 aromatic heterocycles. The summed E-state index contributed by atoms with van der Waals surface area (Å²) in [6, 6.07) is 5.78. The first kappa shape index (κ1) is 11.5. The summed E-state index contributed by atoms with van der Waals surface area (Å²) in [5, 5.41) is 8.85. The van der Waals surface area contributed by atoms with Crippen LogP contribution in [0.5, 0.6) is 0 Å². The lowest BCUT2D eigenvalue weighted by atomic mass is 10.2. The maximum Gasteiger partial charge on any atom is 0.264 e. The highest BCUT2D eigenvalue weighted by molar-refractivity contribution is 7.12.